The van der Waals surface area contributed by atoms with Gasteiger partial charge in [-0.25, -0.2) is 14.2 Å². The van der Waals surface area contributed by atoms with E-state index in [2.05, 4.69) is 9.97 Å². The van der Waals surface area contributed by atoms with Crippen molar-refractivity contribution in [1.29, 1.82) is 0 Å². The van der Waals surface area contributed by atoms with E-state index in [1.165, 1.54) is 37.1 Å². The first-order chi connectivity index (χ1) is 21.6. The van der Waals surface area contributed by atoms with Gasteiger partial charge in [-0.1, -0.05) is 58.8 Å². The van der Waals surface area contributed by atoms with Crippen LogP contribution < -0.4 is 30.8 Å². The number of imidazole rings is 2. The van der Waals surface area contributed by atoms with Crippen molar-refractivity contribution in [1.82, 2.24) is 28.1 Å². The van der Waals surface area contributed by atoms with Crippen LogP contribution >= 0.6 is 34.5 Å². The fourth-order valence-electron chi connectivity index (χ4n) is 5.19. The van der Waals surface area contributed by atoms with E-state index in [0.717, 1.165) is 15.6 Å². The van der Waals surface area contributed by atoms with E-state index in [-0.39, 0.29) is 29.3 Å². The number of fused-ring (bicyclic) bond motifs is 4. The second-order valence-electron chi connectivity index (χ2n) is 10.2. The van der Waals surface area contributed by atoms with Crippen molar-refractivity contribution >= 4 is 67.8 Å². The highest BCUT2D eigenvalue weighted by molar-refractivity contribution is 7.15. The molecule has 0 saturated carbocycles. The van der Waals surface area contributed by atoms with E-state index in [1.54, 1.807) is 51.4 Å². The molecule has 4 heterocycles. The molecule has 0 aliphatic rings. The number of benzene rings is 3. The van der Waals surface area contributed by atoms with Crippen LogP contribution in [0, 0.1) is 0 Å². The average molecular weight is 662 g/mol. The van der Waals surface area contributed by atoms with Gasteiger partial charge in [0.2, 0.25) is 0 Å². The molecule has 3 aromatic carbocycles. The van der Waals surface area contributed by atoms with Crippen LogP contribution in [0.3, 0.4) is 0 Å². The lowest BCUT2D eigenvalue weighted by Gasteiger charge is -2.13. The minimum Gasteiger partial charge on any atom is -0.493 e. The van der Waals surface area contributed by atoms with Gasteiger partial charge >= 0.3 is 11.7 Å². The molecule has 0 aliphatic carbocycles. The van der Waals surface area contributed by atoms with Gasteiger partial charge in [0.15, 0.2) is 27.6 Å². The zero-order valence-electron chi connectivity index (χ0n) is 23.9. The van der Waals surface area contributed by atoms with E-state index < -0.39 is 11.2 Å². The normalized spacial score (nSPS) is 12.2. The summed E-state index contributed by atoms with van der Waals surface area (Å²) in [6.07, 6.45) is 1.76. The second kappa shape index (κ2) is 10.9. The SMILES string of the molecule is COc1cc(C=c2sc3nc4ccccc4n3c2=O)ccc1Oc1nc2c(c(=O)n(C)c(=O)n2C)n1Cc1ccc(Cl)cc1Cl. The van der Waals surface area contributed by atoms with E-state index in [1.807, 2.05) is 24.3 Å². The third kappa shape index (κ3) is 4.78. The van der Waals surface area contributed by atoms with Crippen LogP contribution in [0.15, 0.2) is 75.0 Å². The second-order valence-corrected chi connectivity index (χ2v) is 12.1. The van der Waals surface area contributed by atoms with Crippen LogP contribution in [-0.4, -0.2) is 35.2 Å². The molecule has 0 saturated heterocycles. The van der Waals surface area contributed by atoms with Crippen molar-refractivity contribution < 1.29 is 9.47 Å². The summed E-state index contributed by atoms with van der Waals surface area (Å²) in [6.45, 7) is 0.102. The van der Waals surface area contributed by atoms with E-state index in [0.29, 0.717) is 42.2 Å². The molecule has 0 N–H and O–H groups in total. The first-order valence-electron chi connectivity index (χ1n) is 13.5. The summed E-state index contributed by atoms with van der Waals surface area (Å²) in [5.41, 5.74) is 1.93. The highest BCUT2D eigenvalue weighted by Gasteiger charge is 2.23. The van der Waals surface area contributed by atoms with Gasteiger partial charge in [0, 0.05) is 24.1 Å². The number of ether oxygens (including phenoxy) is 2. The maximum atomic E-state index is 13.3. The summed E-state index contributed by atoms with van der Waals surface area (Å²) in [5, 5.41) is 0.853. The number of aromatic nitrogens is 6. The van der Waals surface area contributed by atoms with Gasteiger partial charge in [0.25, 0.3) is 11.1 Å². The number of para-hydroxylation sites is 2. The molecular formula is C31H22Cl2N6O5S. The Bertz CT molecular complexity index is 2560. The minimum absolute atomic E-state index is 0.0394. The topological polar surface area (TPSA) is 115 Å². The fourth-order valence-corrected chi connectivity index (χ4v) is 6.65. The zero-order chi connectivity index (χ0) is 31.6. The number of aryl methyl sites for hydroxylation is 1. The summed E-state index contributed by atoms with van der Waals surface area (Å²) in [6, 6.07) is 17.8. The lowest BCUT2D eigenvalue weighted by atomic mass is 10.2. The molecular weight excluding hydrogens is 639 g/mol. The number of nitrogens with zero attached hydrogens (tertiary/aromatic N) is 6. The standard InChI is InChI=1S/C31H22Cl2N6O5S/c1-36-26-25(28(41)37(2)31(36)42)38(15-17-9-10-18(32)14-19(17)33)29(35-26)44-22-11-8-16(12-23(22)43-3)13-24-27(40)39-21-7-5-4-6-20(21)34-30(39)45-24/h4-14H,15H2,1-3H3. The highest BCUT2D eigenvalue weighted by atomic mass is 35.5. The average Bonchev–Trinajstić information content (AvgIpc) is 3.67. The number of hydrogen-bond donors (Lipinski definition) is 0. The molecule has 7 rings (SSSR count). The molecule has 0 radical (unpaired) electrons. The molecule has 0 atom stereocenters. The van der Waals surface area contributed by atoms with Crippen molar-refractivity contribution in [2.75, 3.05) is 7.11 Å². The number of rotatable bonds is 6. The number of thiazole rings is 1. The Morgan fingerprint density at radius 2 is 1.71 bits per heavy atom. The molecule has 0 spiro atoms. The lowest BCUT2D eigenvalue weighted by molar-refractivity contribution is 0.361. The Balaban J connectivity index is 1.33. The molecule has 0 unspecified atom stereocenters. The van der Waals surface area contributed by atoms with Gasteiger partial charge in [0.05, 0.1) is 29.2 Å². The van der Waals surface area contributed by atoms with Gasteiger partial charge < -0.3 is 9.47 Å². The fraction of sp³-hybridized carbons (Fsp3) is 0.129. The Hall–Kier alpha value is -4.91. The summed E-state index contributed by atoms with van der Waals surface area (Å²) in [7, 11) is 4.42. The minimum atomic E-state index is -0.541. The zero-order valence-corrected chi connectivity index (χ0v) is 26.3. The largest absolute Gasteiger partial charge is 0.493 e. The van der Waals surface area contributed by atoms with E-state index >= 15 is 0 Å². The van der Waals surface area contributed by atoms with Crippen molar-refractivity contribution in [2.24, 2.45) is 14.1 Å². The van der Waals surface area contributed by atoms with Gasteiger partial charge in [-0.3, -0.25) is 23.3 Å². The van der Waals surface area contributed by atoms with Gasteiger partial charge in [-0.05, 0) is 53.6 Å². The Kier molecular flexibility index (Phi) is 6.99. The van der Waals surface area contributed by atoms with E-state index in [4.69, 9.17) is 32.7 Å². The van der Waals surface area contributed by atoms with Crippen LogP contribution in [-0.2, 0) is 20.6 Å². The Morgan fingerprint density at radius 3 is 2.49 bits per heavy atom. The summed E-state index contributed by atoms with van der Waals surface area (Å²) in [4.78, 5) is 49.0. The van der Waals surface area contributed by atoms with Crippen LogP contribution in [0.2, 0.25) is 10.0 Å². The third-order valence-electron chi connectivity index (χ3n) is 7.49. The molecule has 4 aromatic heterocycles. The number of hydrogen-bond acceptors (Lipinski definition) is 8. The molecule has 0 aliphatic heterocycles. The predicted molar refractivity (Wildman–Crippen MR) is 174 cm³/mol. The molecule has 0 bridgehead atoms. The maximum absolute atomic E-state index is 13.3. The first-order valence-corrected chi connectivity index (χ1v) is 15.1. The van der Waals surface area contributed by atoms with Crippen molar-refractivity contribution in [3.05, 3.63) is 118 Å². The van der Waals surface area contributed by atoms with Crippen LogP contribution in [0.5, 0.6) is 17.5 Å². The number of methoxy groups -OCH3 is 1. The maximum Gasteiger partial charge on any atom is 0.332 e. The summed E-state index contributed by atoms with van der Waals surface area (Å²) < 4.78 is 17.9. The summed E-state index contributed by atoms with van der Waals surface area (Å²) in [5.74, 6) is 0.650. The van der Waals surface area contributed by atoms with Crippen LogP contribution in [0.1, 0.15) is 11.1 Å². The monoisotopic (exact) mass is 660 g/mol. The Morgan fingerprint density at radius 1 is 0.911 bits per heavy atom. The van der Waals surface area contributed by atoms with Crippen LogP contribution in [0.4, 0.5) is 0 Å². The number of halogens is 2. The summed E-state index contributed by atoms with van der Waals surface area (Å²) >= 11 is 13.9. The third-order valence-corrected chi connectivity index (χ3v) is 9.04. The lowest BCUT2D eigenvalue weighted by Crippen LogP contribution is -2.37. The van der Waals surface area contributed by atoms with Gasteiger partial charge in [-0.2, -0.15) is 4.98 Å². The first kappa shape index (κ1) is 28.8. The van der Waals surface area contributed by atoms with Crippen molar-refractivity contribution in [2.45, 2.75) is 6.54 Å². The van der Waals surface area contributed by atoms with Gasteiger partial charge in [0.1, 0.15) is 0 Å². The van der Waals surface area contributed by atoms with Crippen LogP contribution in [0.25, 0.3) is 33.2 Å². The highest BCUT2D eigenvalue weighted by Crippen LogP contribution is 2.34. The van der Waals surface area contributed by atoms with Gasteiger partial charge in [-0.15, -0.1) is 0 Å². The van der Waals surface area contributed by atoms with Crippen molar-refractivity contribution in [3.63, 3.8) is 0 Å². The Labute approximate surface area is 267 Å². The molecule has 0 amide bonds. The molecule has 226 valence electrons. The van der Waals surface area contributed by atoms with Crippen molar-refractivity contribution in [3.8, 4) is 17.5 Å². The molecule has 0 fully saturated rings. The molecule has 11 nitrogen and oxygen atoms in total. The smallest absolute Gasteiger partial charge is 0.332 e. The predicted octanol–water partition coefficient (Wildman–Crippen LogP) is 4.36. The molecule has 7 aromatic rings. The molecule has 45 heavy (non-hydrogen) atoms. The van der Waals surface area contributed by atoms with E-state index in [9.17, 15) is 14.4 Å². The molecule has 14 heteroatoms. The quantitative estimate of drug-likeness (QED) is 0.260.